The fraction of sp³-hybridized carbons (Fsp3) is 0.600. The zero-order valence-electron chi connectivity index (χ0n) is 12.0. The van der Waals surface area contributed by atoms with Crippen molar-refractivity contribution in [3.63, 3.8) is 0 Å². The molecule has 1 aromatic carbocycles. The molecule has 2 atom stereocenters. The molecule has 0 spiro atoms. The number of likely N-dealkylation sites (N-methyl/N-ethyl adjacent to an activating group) is 1. The van der Waals surface area contributed by atoms with Crippen LogP contribution in [0.5, 0.6) is 5.75 Å². The summed E-state index contributed by atoms with van der Waals surface area (Å²) in [5.74, 6) is 0.253. The molecule has 1 saturated heterocycles. The molecule has 6 heteroatoms. The van der Waals surface area contributed by atoms with E-state index in [-0.39, 0.29) is 11.8 Å². The van der Waals surface area contributed by atoms with Gasteiger partial charge in [-0.05, 0) is 49.9 Å². The summed E-state index contributed by atoms with van der Waals surface area (Å²) in [7, 11) is 1.90. The van der Waals surface area contributed by atoms with Gasteiger partial charge in [0, 0.05) is 12.6 Å². The van der Waals surface area contributed by atoms with Gasteiger partial charge in [-0.25, -0.2) is 0 Å². The summed E-state index contributed by atoms with van der Waals surface area (Å²) in [6.45, 7) is 1.55. The lowest BCUT2D eigenvalue weighted by molar-refractivity contribution is -0.274. The largest absolute Gasteiger partial charge is 0.573 e. The zero-order chi connectivity index (χ0) is 15.3. The highest BCUT2D eigenvalue weighted by molar-refractivity contribution is 5.28. The molecule has 3 nitrogen and oxygen atoms in total. The predicted molar refractivity (Wildman–Crippen MR) is 73.2 cm³/mol. The molecule has 1 fully saturated rings. The first-order chi connectivity index (χ1) is 9.98. The van der Waals surface area contributed by atoms with E-state index in [1.54, 1.807) is 12.1 Å². The van der Waals surface area contributed by atoms with E-state index >= 15 is 0 Å². The lowest BCUT2D eigenvalue weighted by atomic mass is 9.89. The van der Waals surface area contributed by atoms with E-state index < -0.39 is 6.36 Å². The van der Waals surface area contributed by atoms with Crippen molar-refractivity contribution in [2.75, 3.05) is 20.3 Å². The molecule has 0 amide bonds. The number of hydrogen-bond donors (Lipinski definition) is 1. The highest BCUT2D eigenvalue weighted by Gasteiger charge is 2.31. The zero-order valence-corrected chi connectivity index (χ0v) is 12.0. The first-order valence-corrected chi connectivity index (χ1v) is 7.07. The first kappa shape index (κ1) is 16.1. The van der Waals surface area contributed by atoms with E-state index in [0.717, 1.165) is 38.0 Å². The molecule has 1 aliphatic rings. The molecule has 0 aliphatic carbocycles. The van der Waals surface area contributed by atoms with Crippen molar-refractivity contribution in [1.29, 1.82) is 0 Å². The summed E-state index contributed by atoms with van der Waals surface area (Å²) in [6, 6.07) is 6.32. The lowest BCUT2D eigenvalue weighted by Gasteiger charge is -2.30. The summed E-state index contributed by atoms with van der Waals surface area (Å²) in [6.07, 6.45) is -1.72. The number of nitrogens with one attached hydrogen (secondary N) is 1. The van der Waals surface area contributed by atoms with Crippen molar-refractivity contribution in [2.45, 2.75) is 31.7 Å². The summed E-state index contributed by atoms with van der Waals surface area (Å²) in [4.78, 5) is 0. The SMILES string of the molecule is CNC(Cc1ccc(OC(F)(F)F)cc1)C1CCCOC1. The average Bonchev–Trinajstić information content (AvgIpc) is 2.46. The number of hydrogen-bond acceptors (Lipinski definition) is 3. The Bertz CT molecular complexity index is 428. The standard InChI is InChI=1S/C15H20F3NO2/c1-19-14(12-3-2-8-20-10-12)9-11-4-6-13(7-5-11)21-15(16,17)18/h4-7,12,14,19H,2-3,8-10H2,1H3. The second-order valence-electron chi connectivity index (χ2n) is 5.27. The van der Waals surface area contributed by atoms with Gasteiger partial charge in [0.15, 0.2) is 0 Å². The lowest BCUT2D eigenvalue weighted by Crippen LogP contribution is -2.39. The van der Waals surface area contributed by atoms with Gasteiger partial charge in [0.2, 0.25) is 0 Å². The van der Waals surface area contributed by atoms with Gasteiger partial charge in [-0.1, -0.05) is 12.1 Å². The van der Waals surface area contributed by atoms with Crippen LogP contribution >= 0.6 is 0 Å². The van der Waals surface area contributed by atoms with Crippen molar-refractivity contribution in [3.05, 3.63) is 29.8 Å². The molecule has 0 saturated carbocycles. The van der Waals surface area contributed by atoms with Crippen LogP contribution in [0.1, 0.15) is 18.4 Å². The molecule has 1 N–H and O–H groups in total. The Morgan fingerprint density at radius 2 is 2.05 bits per heavy atom. The van der Waals surface area contributed by atoms with Crippen LogP contribution in [0, 0.1) is 5.92 Å². The van der Waals surface area contributed by atoms with Gasteiger partial charge in [-0.3, -0.25) is 0 Å². The smallest absolute Gasteiger partial charge is 0.406 e. The molecular weight excluding hydrogens is 283 g/mol. The molecule has 0 aromatic heterocycles. The fourth-order valence-electron chi connectivity index (χ4n) is 2.67. The second kappa shape index (κ2) is 7.13. The van der Waals surface area contributed by atoms with Gasteiger partial charge in [0.1, 0.15) is 5.75 Å². The van der Waals surface area contributed by atoms with Crippen LogP contribution in [-0.4, -0.2) is 32.7 Å². The average molecular weight is 303 g/mol. The van der Waals surface area contributed by atoms with Gasteiger partial charge in [0.25, 0.3) is 0 Å². The molecule has 1 heterocycles. The first-order valence-electron chi connectivity index (χ1n) is 7.07. The maximum Gasteiger partial charge on any atom is 0.573 e. The fourth-order valence-corrected chi connectivity index (χ4v) is 2.67. The maximum atomic E-state index is 12.1. The summed E-state index contributed by atoms with van der Waals surface area (Å²) < 4.78 is 45.7. The van der Waals surface area contributed by atoms with Crippen LogP contribution in [0.4, 0.5) is 13.2 Å². The topological polar surface area (TPSA) is 30.5 Å². The molecule has 21 heavy (non-hydrogen) atoms. The van der Waals surface area contributed by atoms with Crippen LogP contribution in [-0.2, 0) is 11.2 Å². The van der Waals surface area contributed by atoms with Crippen molar-refractivity contribution in [3.8, 4) is 5.75 Å². The number of benzene rings is 1. The highest BCUT2D eigenvalue weighted by atomic mass is 19.4. The van der Waals surface area contributed by atoms with Gasteiger partial charge in [-0.15, -0.1) is 13.2 Å². The molecule has 0 bridgehead atoms. The van der Waals surface area contributed by atoms with Gasteiger partial charge < -0.3 is 14.8 Å². The van der Waals surface area contributed by atoms with Gasteiger partial charge >= 0.3 is 6.36 Å². The number of alkyl halides is 3. The Morgan fingerprint density at radius 3 is 2.57 bits per heavy atom. The Hall–Kier alpha value is -1.27. The van der Waals surface area contributed by atoms with E-state index in [4.69, 9.17) is 4.74 Å². The normalized spacial score (nSPS) is 21.0. The number of halogens is 3. The third kappa shape index (κ3) is 5.21. The van der Waals surface area contributed by atoms with E-state index in [0.29, 0.717) is 5.92 Å². The number of ether oxygens (including phenoxy) is 2. The predicted octanol–water partition coefficient (Wildman–Crippen LogP) is 3.14. The third-order valence-corrected chi connectivity index (χ3v) is 3.75. The molecule has 2 rings (SSSR count). The van der Waals surface area contributed by atoms with Crippen LogP contribution in [0.25, 0.3) is 0 Å². The van der Waals surface area contributed by atoms with Crippen molar-refractivity contribution in [1.82, 2.24) is 5.32 Å². The summed E-state index contributed by atoms with van der Waals surface area (Å²) >= 11 is 0. The molecule has 1 aliphatic heterocycles. The Balaban J connectivity index is 1.94. The Kier molecular flexibility index (Phi) is 5.47. The molecular formula is C15H20F3NO2. The molecule has 118 valence electrons. The monoisotopic (exact) mass is 303 g/mol. The van der Waals surface area contributed by atoms with Gasteiger partial charge in [-0.2, -0.15) is 0 Å². The van der Waals surface area contributed by atoms with Crippen molar-refractivity contribution >= 4 is 0 Å². The quantitative estimate of drug-likeness (QED) is 0.906. The number of rotatable bonds is 5. The minimum absolute atomic E-state index is 0.187. The van der Waals surface area contributed by atoms with Crippen LogP contribution < -0.4 is 10.1 Å². The highest BCUT2D eigenvalue weighted by Crippen LogP contribution is 2.24. The minimum atomic E-state index is -4.64. The summed E-state index contributed by atoms with van der Waals surface area (Å²) in [5, 5.41) is 3.28. The van der Waals surface area contributed by atoms with E-state index in [2.05, 4.69) is 10.1 Å². The summed E-state index contributed by atoms with van der Waals surface area (Å²) in [5.41, 5.74) is 0.981. The van der Waals surface area contributed by atoms with Crippen LogP contribution in [0.3, 0.4) is 0 Å². The molecule has 2 unspecified atom stereocenters. The van der Waals surface area contributed by atoms with E-state index in [1.165, 1.54) is 12.1 Å². The van der Waals surface area contributed by atoms with Crippen molar-refractivity contribution in [2.24, 2.45) is 5.92 Å². The van der Waals surface area contributed by atoms with E-state index in [1.807, 2.05) is 7.05 Å². The Morgan fingerprint density at radius 1 is 1.33 bits per heavy atom. The maximum absolute atomic E-state index is 12.1. The van der Waals surface area contributed by atoms with Crippen molar-refractivity contribution < 1.29 is 22.6 Å². The second-order valence-corrected chi connectivity index (χ2v) is 5.27. The Labute approximate surface area is 122 Å². The van der Waals surface area contributed by atoms with Crippen LogP contribution in [0.15, 0.2) is 24.3 Å². The third-order valence-electron chi connectivity index (χ3n) is 3.75. The van der Waals surface area contributed by atoms with E-state index in [9.17, 15) is 13.2 Å². The molecule has 0 radical (unpaired) electrons. The minimum Gasteiger partial charge on any atom is -0.406 e. The van der Waals surface area contributed by atoms with Gasteiger partial charge in [0.05, 0.1) is 6.61 Å². The molecule has 1 aromatic rings. The van der Waals surface area contributed by atoms with Crippen LogP contribution in [0.2, 0.25) is 0 Å².